The van der Waals surface area contributed by atoms with Crippen molar-refractivity contribution in [1.29, 1.82) is 0 Å². The summed E-state index contributed by atoms with van der Waals surface area (Å²) >= 11 is 1.44. The summed E-state index contributed by atoms with van der Waals surface area (Å²) in [6.45, 7) is 4.54. The van der Waals surface area contributed by atoms with Crippen molar-refractivity contribution < 1.29 is 9.90 Å². The molecule has 1 heterocycles. The van der Waals surface area contributed by atoms with Crippen LogP contribution >= 0.6 is 11.3 Å². The second-order valence-corrected chi connectivity index (χ2v) is 6.76. The Bertz CT molecular complexity index is 651. The fourth-order valence-electron chi connectivity index (χ4n) is 2.08. The number of carbonyl (C=O) groups is 1. The number of fused-ring (bicyclic) bond motifs is 1. The zero-order valence-corrected chi connectivity index (χ0v) is 13.3. The van der Waals surface area contributed by atoms with Crippen LogP contribution in [0.3, 0.4) is 0 Å². The Kier molecular flexibility index (Phi) is 4.63. The van der Waals surface area contributed by atoms with Crippen LogP contribution in [-0.2, 0) is 6.54 Å². The Morgan fingerprint density at radius 3 is 2.71 bits per heavy atom. The Balaban J connectivity index is 2.48. The number of amides is 1. The molecule has 0 bridgehead atoms. The van der Waals surface area contributed by atoms with E-state index < -0.39 is 0 Å². The number of benzene rings is 1. The Morgan fingerprint density at radius 2 is 2.10 bits per heavy atom. The lowest BCUT2D eigenvalue weighted by atomic mass is 10.0. The summed E-state index contributed by atoms with van der Waals surface area (Å²) in [7, 11) is 1.94. The monoisotopic (exact) mass is 307 g/mol. The summed E-state index contributed by atoms with van der Waals surface area (Å²) in [6.07, 6.45) is 0. The summed E-state index contributed by atoms with van der Waals surface area (Å²) < 4.78 is 1.06. The summed E-state index contributed by atoms with van der Waals surface area (Å²) in [5, 5.41) is 10.5. The molecule has 0 atom stereocenters. The van der Waals surface area contributed by atoms with Gasteiger partial charge in [0, 0.05) is 16.8 Å². The lowest BCUT2D eigenvalue weighted by Gasteiger charge is -2.34. The number of likely N-dealkylation sites (N-methyl/N-ethyl adjacent to an activating group) is 1. The van der Waals surface area contributed by atoms with Crippen molar-refractivity contribution in [3.63, 3.8) is 0 Å². The number of rotatable bonds is 5. The predicted octanol–water partition coefficient (Wildman–Crippen LogP) is 1.71. The highest BCUT2D eigenvalue weighted by Gasteiger charge is 2.26. The minimum Gasteiger partial charge on any atom is -0.394 e. The van der Waals surface area contributed by atoms with Gasteiger partial charge in [-0.05, 0) is 37.9 Å². The number of nitrogens with zero attached hydrogens (tertiary/aromatic N) is 1. The number of hydrogen-bond donors (Lipinski definition) is 3. The van der Waals surface area contributed by atoms with Gasteiger partial charge in [0.1, 0.15) is 0 Å². The van der Waals surface area contributed by atoms with Crippen LogP contribution in [0, 0.1) is 0 Å². The summed E-state index contributed by atoms with van der Waals surface area (Å²) in [6, 6.07) is 7.91. The van der Waals surface area contributed by atoms with Gasteiger partial charge in [-0.2, -0.15) is 0 Å². The molecule has 21 heavy (non-hydrogen) atoms. The van der Waals surface area contributed by atoms with Crippen LogP contribution in [0.2, 0.25) is 0 Å². The second kappa shape index (κ2) is 6.11. The maximum Gasteiger partial charge on any atom is 0.275 e. The van der Waals surface area contributed by atoms with Crippen LogP contribution in [0.25, 0.3) is 10.1 Å². The first-order chi connectivity index (χ1) is 9.90. The molecule has 1 amide bonds. The van der Waals surface area contributed by atoms with Crippen LogP contribution in [0.4, 0.5) is 0 Å². The number of hydrogen-bond acceptors (Lipinski definition) is 5. The number of hydrazine groups is 1. The normalized spacial score (nSPS) is 12.1. The smallest absolute Gasteiger partial charge is 0.275 e. The van der Waals surface area contributed by atoms with Crippen molar-refractivity contribution in [2.24, 2.45) is 5.84 Å². The van der Waals surface area contributed by atoms with Crippen LogP contribution in [-0.4, -0.2) is 35.1 Å². The Hall–Kier alpha value is -1.47. The molecule has 114 valence electrons. The van der Waals surface area contributed by atoms with Crippen molar-refractivity contribution >= 4 is 27.3 Å². The van der Waals surface area contributed by atoms with Crippen molar-refractivity contribution in [3.8, 4) is 0 Å². The molecule has 0 fully saturated rings. The SMILES string of the molecule is CN(Cc1c(C(=O)NN)sc2ccccc12)C(C)(C)CO. The van der Waals surface area contributed by atoms with Gasteiger partial charge in [-0.15, -0.1) is 11.3 Å². The molecule has 2 aromatic rings. The van der Waals surface area contributed by atoms with Crippen molar-refractivity contribution in [2.45, 2.75) is 25.9 Å². The Morgan fingerprint density at radius 1 is 1.43 bits per heavy atom. The van der Waals surface area contributed by atoms with Gasteiger partial charge in [0.25, 0.3) is 5.91 Å². The first-order valence-electron chi connectivity index (χ1n) is 6.74. The topological polar surface area (TPSA) is 78.6 Å². The van der Waals surface area contributed by atoms with E-state index in [1.54, 1.807) is 0 Å². The number of nitrogen functional groups attached to an aromatic ring is 1. The second-order valence-electron chi connectivity index (χ2n) is 5.71. The molecule has 5 nitrogen and oxygen atoms in total. The third-order valence-electron chi connectivity index (χ3n) is 3.85. The number of carbonyl (C=O) groups excluding carboxylic acids is 1. The fraction of sp³-hybridized carbons (Fsp3) is 0.400. The molecule has 6 heteroatoms. The van der Waals surface area contributed by atoms with Crippen LogP contribution in [0.15, 0.2) is 24.3 Å². The minimum absolute atomic E-state index is 0.0456. The largest absolute Gasteiger partial charge is 0.394 e. The average molecular weight is 307 g/mol. The molecule has 0 aliphatic heterocycles. The molecule has 0 spiro atoms. The quantitative estimate of drug-likeness (QED) is 0.446. The molecule has 1 aromatic heterocycles. The molecule has 4 N–H and O–H groups in total. The van der Waals surface area contributed by atoms with E-state index in [1.165, 1.54) is 11.3 Å². The van der Waals surface area contributed by atoms with E-state index in [0.717, 1.165) is 15.6 Å². The first kappa shape index (κ1) is 15.9. The van der Waals surface area contributed by atoms with Crippen LogP contribution < -0.4 is 11.3 Å². The van der Waals surface area contributed by atoms with Crippen molar-refractivity contribution in [2.75, 3.05) is 13.7 Å². The number of aliphatic hydroxyl groups excluding tert-OH is 1. The maximum absolute atomic E-state index is 12.0. The number of nitrogens with one attached hydrogen (secondary N) is 1. The summed E-state index contributed by atoms with van der Waals surface area (Å²) in [5.74, 6) is 5.01. The average Bonchev–Trinajstić information content (AvgIpc) is 2.85. The number of thiophene rings is 1. The summed E-state index contributed by atoms with van der Waals surface area (Å²) in [4.78, 5) is 14.7. The highest BCUT2D eigenvalue weighted by atomic mass is 32.1. The Labute approximate surface area is 128 Å². The van der Waals surface area contributed by atoms with Crippen LogP contribution in [0.1, 0.15) is 29.1 Å². The van der Waals surface area contributed by atoms with E-state index in [4.69, 9.17) is 5.84 Å². The van der Waals surface area contributed by atoms with Gasteiger partial charge in [-0.1, -0.05) is 18.2 Å². The van der Waals surface area contributed by atoms with Crippen molar-refractivity contribution in [1.82, 2.24) is 10.3 Å². The van der Waals surface area contributed by atoms with Gasteiger partial charge in [0.05, 0.1) is 11.5 Å². The lowest BCUT2D eigenvalue weighted by Crippen LogP contribution is -2.44. The van der Waals surface area contributed by atoms with E-state index in [-0.39, 0.29) is 18.1 Å². The van der Waals surface area contributed by atoms with Gasteiger partial charge in [-0.3, -0.25) is 15.1 Å². The van der Waals surface area contributed by atoms with Gasteiger partial charge in [0.15, 0.2) is 0 Å². The zero-order chi connectivity index (χ0) is 15.6. The number of aliphatic hydroxyl groups is 1. The molecule has 0 radical (unpaired) electrons. The lowest BCUT2D eigenvalue weighted by molar-refractivity contribution is 0.0733. The molecule has 0 saturated carbocycles. The predicted molar refractivity (Wildman–Crippen MR) is 86.1 cm³/mol. The number of nitrogens with two attached hydrogens (primary N) is 1. The molecule has 0 aliphatic rings. The minimum atomic E-state index is -0.362. The standard InChI is InChI=1S/C15H21N3O2S/c1-15(2,9-19)18(3)8-11-10-6-4-5-7-12(10)21-13(11)14(20)17-16/h4-7,19H,8-9,16H2,1-3H3,(H,17,20). The highest BCUT2D eigenvalue weighted by Crippen LogP contribution is 2.33. The fourth-order valence-corrected chi connectivity index (χ4v) is 3.19. The zero-order valence-electron chi connectivity index (χ0n) is 12.5. The molecular formula is C15H21N3O2S. The van der Waals surface area contributed by atoms with Gasteiger partial charge in [-0.25, -0.2) is 5.84 Å². The molecule has 1 aromatic carbocycles. The van der Waals surface area contributed by atoms with E-state index >= 15 is 0 Å². The molecule has 2 rings (SSSR count). The maximum atomic E-state index is 12.0. The van der Waals surface area contributed by atoms with E-state index in [0.29, 0.717) is 11.4 Å². The van der Waals surface area contributed by atoms with Gasteiger partial charge >= 0.3 is 0 Å². The molecule has 0 unspecified atom stereocenters. The third kappa shape index (κ3) is 3.08. The molecular weight excluding hydrogens is 286 g/mol. The summed E-state index contributed by atoms with van der Waals surface area (Å²) in [5.41, 5.74) is 2.80. The van der Waals surface area contributed by atoms with Gasteiger partial charge in [0.2, 0.25) is 0 Å². The third-order valence-corrected chi connectivity index (χ3v) is 5.06. The first-order valence-corrected chi connectivity index (χ1v) is 7.56. The van der Waals surface area contributed by atoms with E-state index in [1.807, 2.05) is 50.1 Å². The molecule has 0 saturated heterocycles. The van der Waals surface area contributed by atoms with Crippen LogP contribution in [0.5, 0.6) is 0 Å². The van der Waals surface area contributed by atoms with E-state index in [2.05, 4.69) is 5.43 Å². The highest BCUT2D eigenvalue weighted by molar-refractivity contribution is 7.21. The molecule has 0 aliphatic carbocycles. The van der Waals surface area contributed by atoms with E-state index in [9.17, 15) is 9.90 Å². The van der Waals surface area contributed by atoms with Gasteiger partial charge < -0.3 is 5.11 Å². The van der Waals surface area contributed by atoms with Crippen molar-refractivity contribution in [3.05, 3.63) is 34.7 Å².